The van der Waals surface area contributed by atoms with Gasteiger partial charge in [-0.25, -0.2) is 0 Å². The first kappa shape index (κ1) is 22.8. The van der Waals surface area contributed by atoms with Crippen molar-refractivity contribution in [2.75, 3.05) is 46.5 Å². The normalized spacial score (nSPS) is 14.3. The first-order valence-electron chi connectivity index (χ1n) is 9.13. The summed E-state index contributed by atoms with van der Waals surface area (Å²) >= 11 is 0. The summed E-state index contributed by atoms with van der Waals surface area (Å²) < 4.78 is 11.2. The zero-order valence-electron chi connectivity index (χ0n) is 16.2. The molecule has 0 amide bonds. The maximum atomic E-state index is 5.81. The molecule has 0 aliphatic carbocycles. The molecule has 2 rings (SSSR count). The number of likely N-dealkylation sites (N-methyl/N-ethyl adjacent to an activating group) is 1. The van der Waals surface area contributed by atoms with Gasteiger partial charge in [0.25, 0.3) is 0 Å². The average Bonchev–Trinajstić information content (AvgIpc) is 2.63. The van der Waals surface area contributed by atoms with Crippen molar-refractivity contribution < 1.29 is 9.47 Å². The lowest BCUT2D eigenvalue weighted by molar-refractivity contribution is 0.153. The molecule has 0 spiro atoms. The van der Waals surface area contributed by atoms with Crippen LogP contribution in [0.25, 0.3) is 0 Å². The summed E-state index contributed by atoms with van der Waals surface area (Å²) in [5, 5.41) is 3.35. The lowest BCUT2D eigenvalue weighted by Crippen LogP contribution is -2.41. The highest BCUT2D eigenvalue weighted by atomic mass is 127. The van der Waals surface area contributed by atoms with Crippen molar-refractivity contribution in [1.82, 2.24) is 10.2 Å². The van der Waals surface area contributed by atoms with Crippen LogP contribution in [0.3, 0.4) is 0 Å². The summed E-state index contributed by atoms with van der Waals surface area (Å²) in [7, 11) is 2.05. The third-order valence-electron chi connectivity index (χ3n) is 4.16. The monoisotopic (exact) mass is 473 g/mol. The molecule has 1 aliphatic heterocycles. The highest BCUT2D eigenvalue weighted by Crippen LogP contribution is 2.12. The van der Waals surface area contributed by atoms with Crippen LogP contribution >= 0.6 is 24.0 Å². The van der Waals surface area contributed by atoms with E-state index < -0.39 is 0 Å². The van der Waals surface area contributed by atoms with E-state index in [2.05, 4.69) is 42.3 Å². The predicted molar refractivity (Wildman–Crippen MR) is 119 cm³/mol. The summed E-state index contributed by atoms with van der Waals surface area (Å²) in [6.45, 7) is 8.83. The fourth-order valence-electron chi connectivity index (χ4n) is 2.61. The molecular formula is C20H32IN3O2. The van der Waals surface area contributed by atoms with Gasteiger partial charge in [-0.3, -0.25) is 4.99 Å². The predicted octanol–water partition coefficient (Wildman–Crippen LogP) is 3.63. The molecule has 0 unspecified atom stereocenters. The van der Waals surface area contributed by atoms with Crippen LogP contribution in [0.2, 0.25) is 0 Å². The number of aryl methyl sites for hydroxylation is 1. The van der Waals surface area contributed by atoms with E-state index in [1.54, 1.807) is 0 Å². The number of aliphatic imine (C=N–C) groups is 1. The maximum absolute atomic E-state index is 5.81. The van der Waals surface area contributed by atoms with Gasteiger partial charge in [0.15, 0.2) is 5.96 Å². The van der Waals surface area contributed by atoms with Crippen LogP contribution in [0.5, 0.6) is 5.75 Å². The van der Waals surface area contributed by atoms with Crippen molar-refractivity contribution in [3.05, 3.63) is 41.5 Å². The van der Waals surface area contributed by atoms with Gasteiger partial charge in [-0.05, 0) is 38.8 Å². The average molecular weight is 473 g/mol. The third-order valence-corrected chi connectivity index (χ3v) is 4.16. The van der Waals surface area contributed by atoms with E-state index in [-0.39, 0.29) is 24.0 Å². The van der Waals surface area contributed by atoms with Gasteiger partial charge in [0.05, 0.1) is 19.8 Å². The van der Waals surface area contributed by atoms with Crippen LogP contribution in [-0.4, -0.2) is 57.4 Å². The highest BCUT2D eigenvalue weighted by Gasteiger charge is 2.07. The van der Waals surface area contributed by atoms with E-state index in [1.165, 1.54) is 11.1 Å². The highest BCUT2D eigenvalue weighted by molar-refractivity contribution is 14.0. The van der Waals surface area contributed by atoms with Crippen LogP contribution in [-0.2, 0) is 4.74 Å². The Bertz CT molecular complexity index is 573. The molecule has 0 atom stereocenters. The molecule has 146 valence electrons. The molecule has 0 saturated carbocycles. The quantitative estimate of drug-likeness (QED) is 0.271. The number of hydrogen-bond acceptors (Lipinski definition) is 3. The number of hydrogen-bond donors (Lipinski definition) is 1. The summed E-state index contributed by atoms with van der Waals surface area (Å²) in [4.78, 5) is 6.86. The van der Waals surface area contributed by atoms with E-state index in [9.17, 15) is 0 Å². The molecule has 0 bridgehead atoms. The van der Waals surface area contributed by atoms with Gasteiger partial charge in [0.1, 0.15) is 12.4 Å². The summed E-state index contributed by atoms with van der Waals surface area (Å²) in [5.41, 5.74) is 2.70. The first-order chi connectivity index (χ1) is 12.2. The van der Waals surface area contributed by atoms with Gasteiger partial charge in [-0.2, -0.15) is 0 Å². The molecule has 0 aromatic heterocycles. The maximum Gasteiger partial charge on any atom is 0.193 e. The Morgan fingerprint density at radius 1 is 1.31 bits per heavy atom. The van der Waals surface area contributed by atoms with Gasteiger partial charge in [0.2, 0.25) is 0 Å². The zero-order chi connectivity index (χ0) is 17.9. The van der Waals surface area contributed by atoms with E-state index in [0.29, 0.717) is 6.61 Å². The largest absolute Gasteiger partial charge is 0.492 e. The minimum Gasteiger partial charge on any atom is -0.492 e. The van der Waals surface area contributed by atoms with Crippen LogP contribution in [0.15, 0.2) is 40.9 Å². The molecule has 5 nitrogen and oxygen atoms in total. The van der Waals surface area contributed by atoms with Crippen LogP contribution < -0.4 is 10.1 Å². The van der Waals surface area contributed by atoms with E-state index in [0.717, 1.165) is 57.4 Å². The van der Waals surface area contributed by atoms with Crippen molar-refractivity contribution in [3.63, 3.8) is 0 Å². The molecule has 1 N–H and O–H groups in total. The smallest absolute Gasteiger partial charge is 0.193 e. The fraction of sp³-hybridized carbons (Fsp3) is 0.550. The first-order valence-corrected chi connectivity index (χ1v) is 9.13. The molecule has 1 aliphatic rings. The van der Waals surface area contributed by atoms with Crippen LogP contribution in [0.1, 0.15) is 25.3 Å². The SMILES string of the molecule is CCNC(=NCCC1=CCOCC1)N(C)CCOc1ccc(C)cc1.I. The standard InChI is InChI=1S/C20H31N3O2.HI/c1-4-21-20(22-12-9-18-10-14-24-15-11-18)23(3)13-16-25-19-7-5-17(2)6-8-19;/h5-8,10H,4,9,11-16H2,1-3H3,(H,21,22);1H. The fourth-order valence-corrected chi connectivity index (χ4v) is 2.61. The molecule has 0 saturated heterocycles. The Hall–Kier alpha value is -1.28. The van der Waals surface area contributed by atoms with Crippen molar-refractivity contribution in [3.8, 4) is 5.75 Å². The second-order valence-corrected chi connectivity index (χ2v) is 6.26. The summed E-state index contributed by atoms with van der Waals surface area (Å²) in [6.07, 6.45) is 4.23. The number of ether oxygens (including phenoxy) is 2. The Labute approximate surface area is 174 Å². The van der Waals surface area contributed by atoms with Gasteiger partial charge in [-0.15, -0.1) is 24.0 Å². The van der Waals surface area contributed by atoms with Gasteiger partial charge in [-0.1, -0.05) is 29.3 Å². The number of guanidine groups is 1. The van der Waals surface area contributed by atoms with E-state index >= 15 is 0 Å². The number of rotatable bonds is 8. The summed E-state index contributed by atoms with van der Waals surface area (Å²) in [5.74, 6) is 1.84. The molecule has 6 heteroatoms. The van der Waals surface area contributed by atoms with Crippen molar-refractivity contribution in [2.24, 2.45) is 4.99 Å². The van der Waals surface area contributed by atoms with Gasteiger partial charge >= 0.3 is 0 Å². The van der Waals surface area contributed by atoms with Crippen molar-refractivity contribution >= 4 is 29.9 Å². The van der Waals surface area contributed by atoms with Crippen molar-refractivity contribution in [2.45, 2.75) is 26.7 Å². The van der Waals surface area contributed by atoms with Crippen LogP contribution in [0, 0.1) is 6.92 Å². The third kappa shape index (κ3) is 8.40. The summed E-state index contributed by atoms with van der Waals surface area (Å²) in [6, 6.07) is 8.15. The molecule has 0 radical (unpaired) electrons. The zero-order valence-corrected chi connectivity index (χ0v) is 18.5. The molecule has 1 aromatic carbocycles. The van der Waals surface area contributed by atoms with Crippen LogP contribution in [0.4, 0.5) is 0 Å². The van der Waals surface area contributed by atoms with Crippen molar-refractivity contribution in [1.29, 1.82) is 0 Å². The lowest BCUT2D eigenvalue weighted by atomic mass is 10.1. The topological polar surface area (TPSA) is 46.1 Å². The van der Waals surface area contributed by atoms with Gasteiger partial charge in [0, 0.05) is 20.1 Å². The van der Waals surface area contributed by atoms with E-state index in [1.807, 2.05) is 19.2 Å². The second kappa shape index (κ2) is 13.0. The Morgan fingerprint density at radius 3 is 2.73 bits per heavy atom. The minimum atomic E-state index is 0. The molecule has 26 heavy (non-hydrogen) atoms. The number of benzene rings is 1. The Balaban J connectivity index is 0.00000338. The molecule has 0 fully saturated rings. The second-order valence-electron chi connectivity index (χ2n) is 6.26. The number of halogens is 1. The van der Waals surface area contributed by atoms with Gasteiger partial charge < -0.3 is 19.7 Å². The minimum absolute atomic E-state index is 0. The molecule has 1 aromatic rings. The van der Waals surface area contributed by atoms with E-state index in [4.69, 9.17) is 14.5 Å². The lowest BCUT2D eigenvalue weighted by Gasteiger charge is -2.22. The molecule has 1 heterocycles. The number of nitrogens with zero attached hydrogens (tertiary/aromatic N) is 2. The Kier molecular flexibility index (Phi) is 11.4. The Morgan fingerprint density at radius 2 is 2.08 bits per heavy atom. The number of nitrogens with one attached hydrogen (secondary N) is 1. The molecular weight excluding hydrogens is 441 g/mol.